The second-order valence-corrected chi connectivity index (χ2v) is 5.57. The first-order chi connectivity index (χ1) is 8.74. The maximum Gasteiger partial charge on any atom is 0.00431 e. The van der Waals surface area contributed by atoms with Gasteiger partial charge in [0.2, 0.25) is 0 Å². The topological polar surface area (TPSA) is 0 Å². The summed E-state index contributed by atoms with van der Waals surface area (Å²) in [7, 11) is 0. The molecule has 0 aromatic heterocycles. The third-order valence-electron chi connectivity index (χ3n) is 3.44. The van der Waals surface area contributed by atoms with E-state index in [1.807, 2.05) is 13.8 Å². The highest BCUT2D eigenvalue weighted by Crippen LogP contribution is 2.40. The summed E-state index contributed by atoms with van der Waals surface area (Å²) in [4.78, 5) is 2.30. The van der Waals surface area contributed by atoms with Gasteiger partial charge < -0.3 is 0 Å². The summed E-state index contributed by atoms with van der Waals surface area (Å²) in [6, 6.07) is 6.53. The molecule has 0 unspecified atom stereocenters. The summed E-state index contributed by atoms with van der Waals surface area (Å²) in [5.41, 5.74) is 5.93. The van der Waals surface area contributed by atoms with E-state index < -0.39 is 0 Å². The summed E-state index contributed by atoms with van der Waals surface area (Å²) < 4.78 is 0. The number of allylic oxidation sites excluding steroid dienone is 4. The molecule has 0 saturated carbocycles. The van der Waals surface area contributed by atoms with Crippen molar-refractivity contribution in [3.8, 4) is 0 Å². The quantitative estimate of drug-likeness (QED) is 0.590. The monoisotopic (exact) mass is 276 g/mol. The number of benzene rings is 1. The Hall–Kier alpha value is -0.600. The highest BCUT2D eigenvalue weighted by Gasteiger charge is 2.20. The SMILES string of the molecule is CC.SC1=CC2=C(CC1)c1ccc(S)cc1CC2. The zero-order chi connectivity index (χ0) is 13.1. The van der Waals surface area contributed by atoms with Crippen molar-refractivity contribution < 1.29 is 0 Å². The van der Waals surface area contributed by atoms with Crippen LogP contribution in [0, 0.1) is 0 Å². The van der Waals surface area contributed by atoms with E-state index in [0.29, 0.717) is 0 Å². The van der Waals surface area contributed by atoms with Crippen LogP contribution in [0.4, 0.5) is 0 Å². The lowest BCUT2D eigenvalue weighted by Gasteiger charge is -2.25. The summed E-state index contributed by atoms with van der Waals surface area (Å²) in [6.45, 7) is 4.00. The van der Waals surface area contributed by atoms with Crippen LogP contribution in [-0.2, 0) is 6.42 Å². The van der Waals surface area contributed by atoms with E-state index in [9.17, 15) is 0 Å². The predicted molar refractivity (Wildman–Crippen MR) is 86.6 cm³/mol. The highest BCUT2D eigenvalue weighted by atomic mass is 32.1. The maximum atomic E-state index is 4.48. The number of aryl methyl sites for hydroxylation is 1. The van der Waals surface area contributed by atoms with E-state index >= 15 is 0 Å². The Morgan fingerprint density at radius 3 is 2.50 bits per heavy atom. The van der Waals surface area contributed by atoms with Crippen molar-refractivity contribution in [2.24, 2.45) is 0 Å². The van der Waals surface area contributed by atoms with Gasteiger partial charge in [0.25, 0.3) is 0 Å². The molecule has 2 aliphatic rings. The molecule has 2 aliphatic carbocycles. The van der Waals surface area contributed by atoms with Crippen LogP contribution < -0.4 is 0 Å². The van der Waals surface area contributed by atoms with E-state index in [2.05, 4.69) is 49.5 Å². The molecule has 0 saturated heterocycles. The van der Waals surface area contributed by atoms with Crippen LogP contribution in [0.15, 0.2) is 39.6 Å². The zero-order valence-corrected chi connectivity index (χ0v) is 12.8. The summed E-state index contributed by atoms with van der Waals surface area (Å²) in [5, 5.41) is 0. The van der Waals surface area contributed by atoms with Gasteiger partial charge in [-0.3, -0.25) is 0 Å². The number of thiol groups is 2. The first-order valence-corrected chi connectivity index (χ1v) is 7.57. The summed E-state index contributed by atoms with van der Waals surface area (Å²) in [5.74, 6) is 0. The molecule has 0 heterocycles. The minimum absolute atomic E-state index is 1.07. The average Bonchev–Trinajstić information content (AvgIpc) is 2.40. The van der Waals surface area contributed by atoms with Crippen molar-refractivity contribution in [3.63, 3.8) is 0 Å². The third-order valence-corrected chi connectivity index (χ3v) is 4.07. The lowest BCUT2D eigenvalue weighted by Crippen LogP contribution is -2.07. The fourth-order valence-electron chi connectivity index (χ4n) is 2.66. The fourth-order valence-corrected chi connectivity index (χ4v) is 3.15. The predicted octanol–water partition coefficient (Wildman–Crippen LogP) is 5.31. The van der Waals surface area contributed by atoms with E-state index in [1.165, 1.54) is 27.2 Å². The molecule has 0 aliphatic heterocycles. The molecule has 0 bridgehead atoms. The van der Waals surface area contributed by atoms with Crippen molar-refractivity contribution in [2.75, 3.05) is 0 Å². The lowest BCUT2D eigenvalue weighted by molar-refractivity contribution is 0.889. The molecule has 0 N–H and O–H groups in total. The van der Waals surface area contributed by atoms with Gasteiger partial charge >= 0.3 is 0 Å². The van der Waals surface area contributed by atoms with Crippen molar-refractivity contribution >= 4 is 30.8 Å². The number of hydrogen-bond donors (Lipinski definition) is 2. The number of hydrogen-bond acceptors (Lipinski definition) is 2. The van der Waals surface area contributed by atoms with E-state index in [0.717, 1.165) is 30.6 Å². The van der Waals surface area contributed by atoms with Gasteiger partial charge in [-0.2, -0.15) is 0 Å². The Morgan fingerprint density at radius 2 is 1.72 bits per heavy atom. The van der Waals surface area contributed by atoms with Crippen molar-refractivity contribution in [1.29, 1.82) is 0 Å². The molecular weight excluding hydrogens is 256 g/mol. The number of rotatable bonds is 0. The number of fused-ring (bicyclic) bond motifs is 2. The molecule has 1 aromatic rings. The maximum absolute atomic E-state index is 4.48. The van der Waals surface area contributed by atoms with Gasteiger partial charge in [-0.1, -0.05) is 19.9 Å². The fraction of sp³-hybridized carbons (Fsp3) is 0.375. The molecule has 96 valence electrons. The minimum Gasteiger partial charge on any atom is -0.148 e. The molecule has 0 nitrogen and oxygen atoms in total. The van der Waals surface area contributed by atoms with Crippen molar-refractivity contribution in [1.82, 2.24) is 0 Å². The molecule has 1 aromatic carbocycles. The van der Waals surface area contributed by atoms with Crippen LogP contribution in [0.3, 0.4) is 0 Å². The average molecular weight is 276 g/mol. The Kier molecular flexibility index (Phi) is 4.63. The zero-order valence-electron chi connectivity index (χ0n) is 11.0. The van der Waals surface area contributed by atoms with Crippen LogP contribution in [0.2, 0.25) is 0 Å². The highest BCUT2D eigenvalue weighted by molar-refractivity contribution is 7.84. The van der Waals surface area contributed by atoms with Gasteiger partial charge in [0.1, 0.15) is 0 Å². The van der Waals surface area contributed by atoms with Crippen LogP contribution in [0.5, 0.6) is 0 Å². The van der Waals surface area contributed by atoms with Gasteiger partial charge in [-0.15, -0.1) is 25.3 Å². The second-order valence-electron chi connectivity index (χ2n) is 4.48. The van der Waals surface area contributed by atoms with Crippen molar-refractivity contribution in [2.45, 2.75) is 44.4 Å². The van der Waals surface area contributed by atoms with Crippen LogP contribution >= 0.6 is 25.3 Å². The largest absolute Gasteiger partial charge is 0.148 e. The normalized spacial score (nSPS) is 17.2. The van der Waals surface area contributed by atoms with Crippen LogP contribution in [0.1, 0.15) is 44.2 Å². The minimum atomic E-state index is 1.07. The van der Waals surface area contributed by atoms with E-state index in [-0.39, 0.29) is 0 Å². The Labute approximate surface area is 121 Å². The van der Waals surface area contributed by atoms with Gasteiger partial charge in [0, 0.05) is 4.90 Å². The molecule has 0 amide bonds. The molecule has 3 rings (SSSR count). The summed E-state index contributed by atoms with van der Waals surface area (Å²) in [6.07, 6.45) is 6.79. The Bertz CT molecular complexity index is 510. The van der Waals surface area contributed by atoms with Crippen LogP contribution in [0.25, 0.3) is 5.57 Å². The second kappa shape index (κ2) is 6.03. The first-order valence-electron chi connectivity index (χ1n) is 6.68. The lowest BCUT2D eigenvalue weighted by atomic mass is 9.81. The van der Waals surface area contributed by atoms with Gasteiger partial charge in [0.15, 0.2) is 0 Å². The Balaban J connectivity index is 0.000000574. The molecule has 0 radical (unpaired) electrons. The molecule has 0 spiro atoms. The smallest absolute Gasteiger partial charge is 0.00431 e. The molecule has 0 atom stereocenters. The van der Waals surface area contributed by atoms with E-state index in [4.69, 9.17) is 0 Å². The Morgan fingerprint density at radius 1 is 0.944 bits per heavy atom. The summed E-state index contributed by atoms with van der Waals surface area (Å²) >= 11 is 8.89. The van der Waals surface area contributed by atoms with E-state index in [1.54, 1.807) is 0 Å². The molecule has 18 heavy (non-hydrogen) atoms. The van der Waals surface area contributed by atoms with Gasteiger partial charge in [-0.05, 0) is 71.1 Å². The van der Waals surface area contributed by atoms with Gasteiger partial charge in [-0.25, -0.2) is 0 Å². The van der Waals surface area contributed by atoms with Gasteiger partial charge in [0.05, 0.1) is 0 Å². The van der Waals surface area contributed by atoms with Crippen LogP contribution in [-0.4, -0.2) is 0 Å². The third kappa shape index (κ3) is 2.70. The standard InChI is InChI=1S/C14H14S2.C2H6/c15-11-3-5-13-9(7-11)1-2-10-8-12(16)4-6-14(10)13;1-2/h3,5,7-8,15-16H,1-2,4,6H2;1-2H3. The molecular formula is C16H20S2. The molecule has 0 fully saturated rings. The van der Waals surface area contributed by atoms with Crippen molar-refractivity contribution in [3.05, 3.63) is 45.9 Å². The first kappa shape index (κ1) is 13.8. The molecule has 2 heteroatoms.